The normalized spacial score (nSPS) is 14.9. The van der Waals surface area contributed by atoms with Gasteiger partial charge in [-0.25, -0.2) is 4.79 Å². The van der Waals surface area contributed by atoms with Gasteiger partial charge in [-0.15, -0.1) is 10.2 Å². The third-order valence-corrected chi connectivity index (χ3v) is 4.25. The number of benzene rings is 1. The first-order chi connectivity index (χ1) is 12.1. The van der Waals surface area contributed by atoms with E-state index in [1.54, 1.807) is 24.3 Å². The van der Waals surface area contributed by atoms with Gasteiger partial charge >= 0.3 is 6.03 Å². The number of carbonyl (C=O) groups excluding carboxylic acids is 2. The second-order valence-electron chi connectivity index (χ2n) is 6.01. The van der Waals surface area contributed by atoms with Crippen molar-refractivity contribution in [3.63, 3.8) is 0 Å². The zero-order valence-corrected chi connectivity index (χ0v) is 14.4. The van der Waals surface area contributed by atoms with E-state index in [0.29, 0.717) is 16.4 Å². The van der Waals surface area contributed by atoms with Crippen molar-refractivity contribution < 1.29 is 9.59 Å². The summed E-state index contributed by atoms with van der Waals surface area (Å²) in [7, 11) is 0. The van der Waals surface area contributed by atoms with E-state index in [0.717, 1.165) is 30.5 Å². The Morgan fingerprint density at radius 3 is 2.80 bits per heavy atom. The molecule has 2 N–H and O–H groups in total. The van der Waals surface area contributed by atoms with Crippen LogP contribution in [0, 0.1) is 0 Å². The van der Waals surface area contributed by atoms with Crippen molar-refractivity contribution in [3.8, 4) is 11.4 Å². The monoisotopic (exact) mass is 362 g/mol. The number of hydrogen-bond acceptors (Lipinski definition) is 5. The van der Waals surface area contributed by atoms with E-state index in [2.05, 4.69) is 26.0 Å². The lowest BCUT2D eigenvalue weighted by Gasteiger charge is -2.22. The summed E-state index contributed by atoms with van der Waals surface area (Å²) in [4.78, 5) is 24.9. The first kappa shape index (κ1) is 17.3. The zero-order valence-electron chi connectivity index (χ0n) is 13.6. The van der Waals surface area contributed by atoms with Crippen molar-refractivity contribution in [2.45, 2.75) is 44.7 Å². The number of hydrogen-bond donors (Lipinski definition) is 2. The average molecular weight is 363 g/mol. The van der Waals surface area contributed by atoms with Crippen molar-refractivity contribution >= 4 is 23.5 Å². The maximum Gasteiger partial charge on any atom is 0.321 e. The van der Waals surface area contributed by atoms with Gasteiger partial charge in [0.05, 0.1) is 0 Å². The third-order valence-electron chi connectivity index (χ3n) is 4.01. The quantitative estimate of drug-likeness (QED) is 0.867. The molecule has 0 spiro atoms. The molecule has 3 rings (SSSR count). The van der Waals surface area contributed by atoms with Crippen molar-refractivity contribution in [1.29, 1.82) is 0 Å². The molecule has 0 radical (unpaired) electrons. The van der Waals surface area contributed by atoms with Crippen LogP contribution < -0.4 is 10.6 Å². The van der Waals surface area contributed by atoms with Gasteiger partial charge in [-0.3, -0.25) is 10.1 Å². The van der Waals surface area contributed by atoms with E-state index in [4.69, 9.17) is 11.6 Å². The number of halogens is 1. The highest BCUT2D eigenvalue weighted by atomic mass is 35.5. The van der Waals surface area contributed by atoms with E-state index >= 15 is 0 Å². The second kappa shape index (κ2) is 8.06. The van der Waals surface area contributed by atoms with E-state index in [1.807, 2.05) is 0 Å². The summed E-state index contributed by atoms with van der Waals surface area (Å²) in [6, 6.07) is 6.69. The van der Waals surface area contributed by atoms with Crippen LogP contribution in [0.3, 0.4) is 0 Å². The van der Waals surface area contributed by atoms with Crippen LogP contribution in [0.4, 0.5) is 4.79 Å². The van der Waals surface area contributed by atoms with E-state index in [-0.39, 0.29) is 12.6 Å². The Morgan fingerprint density at radius 2 is 2.04 bits per heavy atom. The molecular weight excluding hydrogens is 344 g/mol. The number of tetrazole rings is 1. The largest absolute Gasteiger partial charge is 0.335 e. The number of nitrogens with zero attached hydrogens (tertiary/aromatic N) is 4. The lowest BCUT2D eigenvalue weighted by molar-refractivity contribution is -0.121. The topological polar surface area (TPSA) is 102 Å². The molecule has 1 aromatic carbocycles. The summed E-state index contributed by atoms with van der Waals surface area (Å²) in [5.41, 5.74) is 0.703. The molecule has 3 amide bonds. The Balaban J connectivity index is 1.52. The lowest BCUT2D eigenvalue weighted by atomic mass is 9.96. The minimum atomic E-state index is -0.497. The van der Waals surface area contributed by atoms with Crippen LogP contribution >= 0.6 is 11.6 Å². The van der Waals surface area contributed by atoms with E-state index < -0.39 is 11.9 Å². The fourth-order valence-electron chi connectivity index (χ4n) is 2.82. The first-order valence-electron chi connectivity index (χ1n) is 8.24. The number of carbonyl (C=O) groups is 2. The molecule has 1 heterocycles. The van der Waals surface area contributed by atoms with Gasteiger partial charge in [0, 0.05) is 16.6 Å². The van der Waals surface area contributed by atoms with Crippen LogP contribution in [0.5, 0.6) is 0 Å². The fraction of sp³-hybridized carbons (Fsp3) is 0.438. The first-order valence-corrected chi connectivity index (χ1v) is 8.62. The molecule has 1 saturated carbocycles. The molecule has 25 heavy (non-hydrogen) atoms. The lowest BCUT2D eigenvalue weighted by Crippen LogP contribution is -2.46. The van der Waals surface area contributed by atoms with Gasteiger partial charge in [0.2, 0.25) is 5.82 Å². The zero-order chi connectivity index (χ0) is 17.6. The van der Waals surface area contributed by atoms with Gasteiger partial charge < -0.3 is 5.32 Å². The maximum absolute atomic E-state index is 11.9. The summed E-state index contributed by atoms with van der Waals surface area (Å²) in [5, 5.41) is 17.5. The standard InChI is InChI=1S/C16H19ClN6O2/c17-12-6-4-5-11(9-12)15-20-22-23(21-15)10-14(24)19-16(25)18-13-7-2-1-3-8-13/h4-6,9,13H,1-3,7-8,10H2,(H2,18,19,24,25). The van der Waals surface area contributed by atoms with Crippen molar-refractivity contribution in [1.82, 2.24) is 30.8 Å². The molecule has 1 aliphatic rings. The molecule has 1 fully saturated rings. The van der Waals surface area contributed by atoms with Crippen LogP contribution in [-0.4, -0.2) is 38.2 Å². The maximum atomic E-state index is 11.9. The van der Waals surface area contributed by atoms with Crippen LogP contribution in [0.25, 0.3) is 11.4 Å². The van der Waals surface area contributed by atoms with Crippen molar-refractivity contribution in [3.05, 3.63) is 29.3 Å². The second-order valence-corrected chi connectivity index (χ2v) is 6.45. The predicted molar refractivity (Wildman–Crippen MR) is 91.8 cm³/mol. The Labute approximate surface area is 149 Å². The molecular formula is C16H19ClN6O2. The number of amides is 3. The molecule has 0 aliphatic heterocycles. The molecule has 1 aliphatic carbocycles. The van der Waals surface area contributed by atoms with Gasteiger partial charge in [-0.2, -0.15) is 4.80 Å². The number of urea groups is 1. The molecule has 132 valence electrons. The van der Waals surface area contributed by atoms with Crippen molar-refractivity contribution in [2.75, 3.05) is 0 Å². The average Bonchev–Trinajstić information content (AvgIpc) is 3.04. The van der Waals surface area contributed by atoms with Gasteiger partial charge in [0.15, 0.2) is 0 Å². The van der Waals surface area contributed by atoms with Crippen LogP contribution in [-0.2, 0) is 11.3 Å². The molecule has 0 saturated heterocycles. The summed E-state index contributed by atoms with van der Waals surface area (Å²) in [5.74, 6) is -0.134. The smallest absolute Gasteiger partial charge is 0.321 e. The highest BCUT2D eigenvalue weighted by molar-refractivity contribution is 6.30. The number of nitrogens with one attached hydrogen (secondary N) is 2. The summed E-state index contributed by atoms with van der Waals surface area (Å²) in [6.45, 7) is -0.189. The van der Waals surface area contributed by atoms with Crippen molar-refractivity contribution in [2.24, 2.45) is 0 Å². The molecule has 8 nitrogen and oxygen atoms in total. The Bertz CT molecular complexity index is 757. The molecule has 2 aromatic rings. The van der Waals surface area contributed by atoms with Gasteiger partial charge in [0.25, 0.3) is 5.91 Å². The Hall–Kier alpha value is -2.48. The Kier molecular flexibility index (Phi) is 5.60. The SMILES string of the molecule is O=C(Cn1nnc(-c2cccc(Cl)c2)n1)NC(=O)NC1CCCCC1. The highest BCUT2D eigenvalue weighted by Gasteiger charge is 2.17. The van der Waals surface area contributed by atoms with Gasteiger partial charge in [-0.1, -0.05) is 43.0 Å². The van der Waals surface area contributed by atoms with E-state index in [9.17, 15) is 9.59 Å². The molecule has 1 aromatic heterocycles. The summed E-state index contributed by atoms with van der Waals surface area (Å²) in [6.07, 6.45) is 5.32. The fourth-order valence-corrected chi connectivity index (χ4v) is 3.01. The third kappa shape index (κ3) is 4.99. The van der Waals surface area contributed by atoms with Gasteiger partial charge in [0.1, 0.15) is 6.54 Å². The number of rotatable bonds is 4. The Morgan fingerprint density at radius 1 is 1.24 bits per heavy atom. The van der Waals surface area contributed by atoms with E-state index in [1.165, 1.54) is 6.42 Å². The molecule has 0 atom stereocenters. The highest BCUT2D eigenvalue weighted by Crippen LogP contribution is 2.18. The summed E-state index contributed by atoms with van der Waals surface area (Å²) < 4.78 is 0. The van der Waals surface area contributed by atoms with Crippen LogP contribution in [0.2, 0.25) is 5.02 Å². The number of imide groups is 1. The van der Waals surface area contributed by atoms with Crippen LogP contribution in [0.15, 0.2) is 24.3 Å². The molecule has 0 bridgehead atoms. The minimum Gasteiger partial charge on any atom is -0.335 e. The van der Waals surface area contributed by atoms with Crippen LogP contribution in [0.1, 0.15) is 32.1 Å². The predicted octanol–water partition coefficient (Wildman–Crippen LogP) is 2.15. The number of aromatic nitrogens is 4. The minimum absolute atomic E-state index is 0.139. The molecule has 9 heteroatoms. The summed E-state index contributed by atoms with van der Waals surface area (Å²) >= 11 is 5.93. The van der Waals surface area contributed by atoms with Gasteiger partial charge in [-0.05, 0) is 30.2 Å². The molecule has 0 unspecified atom stereocenters.